The Balaban J connectivity index is 1.52. The SMILES string of the molecule is CC(CC(=O)OCc1nc(-c2ccccc2)no1)c1ccc(F)cc1. The predicted octanol–water partition coefficient (Wildman–Crippen LogP) is 4.11. The lowest BCUT2D eigenvalue weighted by Gasteiger charge is -2.10. The van der Waals surface area contributed by atoms with E-state index in [-0.39, 0.29) is 36.6 Å². The van der Waals surface area contributed by atoms with Crippen LogP contribution in [0.2, 0.25) is 0 Å². The maximum absolute atomic E-state index is 12.9. The maximum Gasteiger partial charge on any atom is 0.306 e. The second kappa shape index (κ2) is 7.70. The van der Waals surface area contributed by atoms with Gasteiger partial charge in [-0.25, -0.2) is 4.39 Å². The van der Waals surface area contributed by atoms with Gasteiger partial charge in [-0.1, -0.05) is 54.5 Å². The van der Waals surface area contributed by atoms with Crippen LogP contribution < -0.4 is 0 Å². The fourth-order valence-corrected chi connectivity index (χ4v) is 2.38. The number of esters is 1. The van der Waals surface area contributed by atoms with Crippen molar-refractivity contribution < 1.29 is 18.4 Å². The van der Waals surface area contributed by atoms with E-state index < -0.39 is 0 Å². The van der Waals surface area contributed by atoms with E-state index in [1.54, 1.807) is 12.1 Å². The Morgan fingerprint density at radius 3 is 2.60 bits per heavy atom. The third-order valence-corrected chi connectivity index (χ3v) is 3.77. The summed E-state index contributed by atoms with van der Waals surface area (Å²) in [5, 5.41) is 3.87. The molecule has 0 aliphatic rings. The highest BCUT2D eigenvalue weighted by molar-refractivity contribution is 5.70. The van der Waals surface area contributed by atoms with Crippen LogP contribution in [0.15, 0.2) is 59.1 Å². The molecule has 3 aromatic rings. The van der Waals surface area contributed by atoms with Crippen LogP contribution in [0.1, 0.15) is 30.7 Å². The van der Waals surface area contributed by atoms with Gasteiger partial charge in [0.05, 0.1) is 6.42 Å². The van der Waals surface area contributed by atoms with Gasteiger partial charge in [-0.3, -0.25) is 4.79 Å². The Morgan fingerprint density at radius 2 is 1.88 bits per heavy atom. The molecular weight excluding hydrogens is 323 g/mol. The van der Waals surface area contributed by atoms with Crippen molar-refractivity contribution in [2.75, 3.05) is 0 Å². The molecule has 0 fully saturated rings. The number of carbonyl (C=O) groups excluding carboxylic acids is 1. The number of benzene rings is 2. The highest BCUT2D eigenvalue weighted by atomic mass is 19.1. The topological polar surface area (TPSA) is 65.2 Å². The van der Waals surface area contributed by atoms with E-state index in [1.165, 1.54) is 12.1 Å². The Kier molecular flexibility index (Phi) is 5.18. The van der Waals surface area contributed by atoms with Crippen LogP contribution >= 0.6 is 0 Å². The average Bonchev–Trinajstić information content (AvgIpc) is 3.10. The second-order valence-electron chi connectivity index (χ2n) is 5.70. The minimum absolute atomic E-state index is 0.0735. The molecule has 0 saturated carbocycles. The van der Waals surface area contributed by atoms with Gasteiger partial charge in [-0.15, -0.1) is 0 Å². The first-order valence-corrected chi connectivity index (χ1v) is 7.91. The number of halogens is 1. The van der Waals surface area contributed by atoms with Gasteiger partial charge in [-0.05, 0) is 23.6 Å². The standard InChI is InChI=1S/C19H17FN2O3/c1-13(14-7-9-16(20)10-8-14)11-18(23)24-12-17-21-19(22-25-17)15-5-3-2-4-6-15/h2-10,13H,11-12H2,1H3. The molecule has 25 heavy (non-hydrogen) atoms. The zero-order valence-electron chi connectivity index (χ0n) is 13.7. The van der Waals surface area contributed by atoms with Crippen molar-refractivity contribution in [3.8, 4) is 11.4 Å². The van der Waals surface area contributed by atoms with E-state index in [9.17, 15) is 9.18 Å². The minimum Gasteiger partial charge on any atom is -0.456 e. The fourth-order valence-electron chi connectivity index (χ4n) is 2.38. The van der Waals surface area contributed by atoms with Gasteiger partial charge in [0.15, 0.2) is 6.61 Å². The zero-order valence-corrected chi connectivity index (χ0v) is 13.7. The van der Waals surface area contributed by atoms with Crippen molar-refractivity contribution in [2.45, 2.75) is 25.9 Å². The third kappa shape index (κ3) is 4.50. The largest absolute Gasteiger partial charge is 0.456 e. The summed E-state index contributed by atoms with van der Waals surface area (Å²) in [7, 11) is 0. The van der Waals surface area contributed by atoms with Crippen LogP contribution in [0.4, 0.5) is 4.39 Å². The number of carbonyl (C=O) groups is 1. The molecular formula is C19H17FN2O3. The van der Waals surface area contributed by atoms with Crippen molar-refractivity contribution >= 4 is 5.97 Å². The smallest absolute Gasteiger partial charge is 0.306 e. The lowest BCUT2D eigenvalue weighted by atomic mass is 9.98. The Bertz CT molecular complexity index is 831. The average molecular weight is 340 g/mol. The van der Waals surface area contributed by atoms with Crippen molar-refractivity contribution in [2.24, 2.45) is 0 Å². The molecule has 0 radical (unpaired) electrons. The van der Waals surface area contributed by atoms with Crippen LogP contribution in [0.25, 0.3) is 11.4 Å². The zero-order chi connectivity index (χ0) is 17.6. The molecule has 2 aromatic carbocycles. The lowest BCUT2D eigenvalue weighted by molar-refractivity contribution is -0.146. The molecule has 0 N–H and O–H groups in total. The highest BCUT2D eigenvalue weighted by Gasteiger charge is 2.15. The summed E-state index contributed by atoms with van der Waals surface area (Å²) in [5.74, 6) is -0.0657. The number of hydrogen-bond donors (Lipinski definition) is 0. The number of nitrogens with zero attached hydrogens (tertiary/aromatic N) is 2. The van der Waals surface area contributed by atoms with E-state index in [0.29, 0.717) is 5.82 Å². The van der Waals surface area contributed by atoms with E-state index in [2.05, 4.69) is 10.1 Å². The summed E-state index contributed by atoms with van der Waals surface area (Å²) in [6.45, 7) is 1.81. The van der Waals surface area contributed by atoms with Gasteiger partial charge >= 0.3 is 5.97 Å². The summed E-state index contributed by atoms with van der Waals surface area (Å²) >= 11 is 0. The summed E-state index contributed by atoms with van der Waals surface area (Å²) in [5.41, 5.74) is 1.70. The minimum atomic E-state index is -0.378. The molecule has 1 aromatic heterocycles. The van der Waals surface area contributed by atoms with E-state index in [1.807, 2.05) is 37.3 Å². The Hall–Kier alpha value is -3.02. The van der Waals surface area contributed by atoms with E-state index in [4.69, 9.17) is 9.26 Å². The Morgan fingerprint density at radius 1 is 1.16 bits per heavy atom. The molecule has 0 aliphatic heterocycles. The van der Waals surface area contributed by atoms with Gasteiger partial charge in [-0.2, -0.15) is 4.98 Å². The molecule has 0 bridgehead atoms. The van der Waals surface area contributed by atoms with Gasteiger partial charge in [0.25, 0.3) is 5.89 Å². The third-order valence-electron chi connectivity index (χ3n) is 3.77. The van der Waals surface area contributed by atoms with Crippen molar-refractivity contribution in [3.05, 3.63) is 71.9 Å². The highest BCUT2D eigenvalue weighted by Crippen LogP contribution is 2.20. The molecule has 128 valence electrons. The first kappa shape index (κ1) is 16.8. The fraction of sp³-hybridized carbons (Fsp3) is 0.211. The van der Waals surface area contributed by atoms with Crippen molar-refractivity contribution in [3.63, 3.8) is 0 Å². The number of ether oxygens (including phenoxy) is 1. The van der Waals surface area contributed by atoms with E-state index in [0.717, 1.165) is 11.1 Å². The van der Waals surface area contributed by atoms with Gasteiger partial charge in [0.2, 0.25) is 5.82 Å². The summed E-state index contributed by atoms with van der Waals surface area (Å²) in [6, 6.07) is 15.5. The van der Waals surface area contributed by atoms with Crippen LogP contribution in [0.5, 0.6) is 0 Å². The number of rotatable bonds is 6. The normalized spacial score (nSPS) is 11.9. The predicted molar refractivity (Wildman–Crippen MR) is 89.0 cm³/mol. The summed E-state index contributed by atoms with van der Waals surface area (Å²) in [6.07, 6.45) is 0.186. The first-order chi connectivity index (χ1) is 12.1. The maximum atomic E-state index is 12.9. The van der Waals surface area contributed by atoms with Crippen molar-refractivity contribution in [1.29, 1.82) is 0 Å². The van der Waals surface area contributed by atoms with Gasteiger partial charge in [0, 0.05) is 5.56 Å². The van der Waals surface area contributed by atoms with Crippen LogP contribution in [-0.4, -0.2) is 16.1 Å². The monoisotopic (exact) mass is 340 g/mol. The number of aromatic nitrogens is 2. The molecule has 0 saturated heterocycles. The molecule has 5 nitrogen and oxygen atoms in total. The van der Waals surface area contributed by atoms with E-state index >= 15 is 0 Å². The molecule has 3 rings (SSSR count). The second-order valence-corrected chi connectivity index (χ2v) is 5.70. The molecule has 0 spiro atoms. The molecule has 0 amide bonds. The van der Waals surface area contributed by atoms with Crippen LogP contribution in [0, 0.1) is 5.82 Å². The summed E-state index contributed by atoms with van der Waals surface area (Å²) in [4.78, 5) is 16.2. The van der Waals surface area contributed by atoms with Gasteiger partial charge in [0.1, 0.15) is 5.82 Å². The molecule has 1 atom stereocenters. The molecule has 0 aliphatic carbocycles. The summed E-state index contributed by atoms with van der Waals surface area (Å²) < 4.78 is 23.2. The first-order valence-electron chi connectivity index (χ1n) is 7.91. The van der Waals surface area contributed by atoms with Crippen LogP contribution in [-0.2, 0) is 16.1 Å². The van der Waals surface area contributed by atoms with Crippen LogP contribution in [0.3, 0.4) is 0 Å². The quantitative estimate of drug-likeness (QED) is 0.632. The Labute approximate surface area is 144 Å². The van der Waals surface area contributed by atoms with Gasteiger partial charge < -0.3 is 9.26 Å². The molecule has 1 unspecified atom stereocenters. The number of hydrogen-bond acceptors (Lipinski definition) is 5. The van der Waals surface area contributed by atoms with Crippen molar-refractivity contribution in [1.82, 2.24) is 10.1 Å². The molecule has 1 heterocycles. The molecule has 6 heteroatoms. The lowest BCUT2D eigenvalue weighted by Crippen LogP contribution is -2.09.